The van der Waals surface area contributed by atoms with Crippen molar-refractivity contribution >= 4 is 27.6 Å². The van der Waals surface area contributed by atoms with Gasteiger partial charge >= 0.3 is 6.03 Å². The molecular weight excluding hydrogens is 352 g/mol. The Kier molecular flexibility index (Phi) is 8.51. The van der Waals surface area contributed by atoms with E-state index in [2.05, 4.69) is 26.6 Å². The van der Waals surface area contributed by atoms with Crippen LogP contribution in [0.4, 0.5) is 10.5 Å². The molecule has 0 spiro atoms. The van der Waals surface area contributed by atoms with Crippen molar-refractivity contribution in [2.45, 2.75) is 76.7 Å². The normalized spacial score (nSPS) is 18.5. The summed E-state index contributed by atoms with van der Waals surface area (Å²) in [5.41, 5.74) is 0.824. The van der Waals surface area contributed by atoms with Gasteiger partial charge in [0.2, 0.25) is 0 Å². The molecule has 1 aliphatic rings. The number of rotatable bonds is 2. The van der Waals surface area contributed by atoms with E-state index in [-0.39, 0.29) is 6.03 Å². The molecule has 0 aliphatic heterocycles. The molecule has 0 heterocycles. The van der Waals surface area contributed by atoms with Gasteiger partial charge in [-0.25, -0.2) is 4.79 Å². The lowest BCUT2D eigenvalue weighted by molar-refractivity contribution is 0.246. The van der Waals surface area contributed by atoms with Gasteiger partial charge in [-0.2, -0.15) is 0 Å². The first-order valence-electron chi connectivity index (χ1n) is 9.07. The molecule has 1 aromatic rings. The number of hydrogen-bond donors (Lipinski definition) is 2. The summed E-state index contributed by atoms with van der Waals surface area (Å²) in [5, 5.41) is 6.11. The molecule has 2 rings (SSSR count). The van der Waals surface area contributed by atoms with E-state index in [1.807, 2.05) is 24.3 Å². The van der Waals surface area contributed by atoms with Crippen LogP contribution in [0.3, 0.4) is 0 Å². The Morgan fingerprint density at radius 1 is 0.913 bits per heavy atom. The Morgan fingerprint density at radius 3 is 2.04 bits per heavy atom. The number of carbonyl (C=O) groups is 1. The number of urea groups is 1. The van der Waals surface area contributed by atoms with Crippen molar-refractivity contribution in [1.82, 2.24) is 5.32 Å². The molecule has 0 unspecified atom stereocenters. The van der Waals surface area contributed by atoms with Crippen molar-refractivity contribution in [3.63, 3.8) is 0 Å². The van der Waals surface area contributed by atoms with Crippen LogP contribution in [0.15, 0.2) is 28.7 Å². The van der Waals surface area contributed by atoms with Crippen molar-refractivity contribution in [3.05, 3.63) is 28.7 Å². The second-order valence-electron chi connectivity index (χ2n) is 6.57. The monoisotopic (exact) mass is 380 g/mol. The zero-order valence-electron chi connectivity index (χ0n) is 14.0. The average Bonchev–Trinajstić information content (AvgIpc) is 2.50. The highest BCUT2D eigenvalue weighted by Crippen LogP contribution is 2.18. The Morgan fingerprint density at radius 2 is 1.48 bits per heavy atom. The van der Waals surface area contributed by atoms with Crippen molar-refractivity contribution in [2.24, 2.45) is 0 Å². The van der Waals surface area contributed by atoms with Gasteiger partial charge in [0.15, 0.2) is 0 Å². The van der Waals surface area contributed by atoms with E-state index in [1.54, 1.807) is 0 Å². The topological polar surface area (TPSA) is 41.1 Å². The van der Waals surface area contributed by atoms with E-state index < -0.39 is 0 Å². The standard InChI is InChI=1S/C19H29BrN2O/c20-16-11-10-14-18(15-16)22-19(23)21-17-12-8-6-4-2-1-3-5-7-9-13-17/h10-11,14-15,17H,1-9,12-13H2,(H2,21,22,23). The Labute approximate surface area is 148 Å². The van der Waals surface area contributed by atoms with Gasteiger partial charge in [0, 0.05) is 16.2 Å². The minimum absolute atomic E-state index is 0.0832. The zero-order valence-corrected chi connectivity index (χ0v) is 15.5. The molecule has 4 heteroatoms. The summed E-state index contributed by atoms with van der Waals surface area (Å²) >= 11 is 3.43. The molecule has 3 nitrogen and oxygen atoms in total. The van der Waals surface area contributed by atoms with Gasteiger partial charge in [-0.05, 0) is 31.0 Å². The fourth-order valence-corrected chi connectivity index (χ4v) is 3.63. The minimum atomic E-state index is -0.0832. The van der Waals surface area contributed by atoms with Gasteiger partial charge in [0.05, 0.1) is 0 Å². The van der Waals surface area contributed by atoms with E-state index in [0.29, 0.717) is 6.04 Å². The average molecular weight is 381 g/mol. The van der Waals surface area contributed by atoms with E-state index in [4.69, 9.17) is 0 Å². The number of carbonyl (C=O) groups excluding carboxylic acids is 1. The fourth-order valence-electron chi connectivity index (χ4n) is 3.23. The highest BCUT2D eigenvalue weighted by Gasteiger charge is 2.12. The molecule has 1 saturated carbocycles. The summed E-state index contributed by atoms with van der Waals surface area (Å²) in [5.74, 6) is 0. The molecule has 0 atom stereocenters. The predicted molar refractivity (Wildman–Crippen MR) is 101 cm³/mol. The van der Waals surface area contributed by atoms with Crippen molar-refractivity contribution < 1.29 is 4.79 Å². The Bertz CT molecular complexity index is 466. The second-order valence-corrected chi connectivity index (χ2v) is 7.48. The molecule has 0 radical (unpaired) electrons. The fraction of sp³-hybridized carbons (Fsp3) is 0.632. The lowest BCUT2D eigenvalue weighted by atomic mass is 9.98. The third kappa shape index (κ3) is 7.87. The molecule has 0 aromatic heterocycles. The van der Waals surface area contributed by atoms with Crippen LogP contribution in [0.1, 0.15) is 70.6 Å². The maximum absolute atomic E-state index is 12.2. The van der Waals surface area contributed by atoms with Crippen molar-refractivity contribution in [2.75, 3.05) is 5.32 Å². The second kappa shape index (κ2) is 10.7. The molecule has 2 amide bonds. The maximum Gasteiger partial charge on any atom is 0.319 e. The first-order valence-corrected chi connectivity index (χ1v) is 9.86. The van der Waals surface area contributed by atoms with Crippen molar-refractivity contribution in [3.8, 4) is 0 Å². The van der Waals surface area contributed by atoms with E-state index >= 15 is 0 Å². The highest BCUT2D eigenvalue weighted by atomic mass is 79.9. The summed E-state index contributed by atoms with van der Waals surface area (Å²) in [7, 11) is 0. The van der Waals surface area contributed by atoms with Gasteiger partial charge in [-0.1, -0.05) is 79.8 Å². The van der Waals surface area contributed by atoms with E-state index in [1.165, 1.54) is 57.8 Å². The van der Waals surface area contributed by atoms with Crippen LogP contribution in [0.2, 0.25) is 0 Å². The zero-order chi connectivity index (χ0) is 16.3. The third-order valence-corrected chi connectivity index (χ3v) is 5.02. The molecule has 0 bridgehead atoms. The van der Waals surface area contributed by atoms with Crippen LogP contribution in [0.25, 0.3) is 0 Å². The largest absolute Gasteiger partial charge is 0.335 e. The van der Waals surface area contributed by atoms with Crippen LogP contribution < -0.4 is 10.6 Å². The highest BCUT2D eigenvalue weighted by molar-refractivity contribution is 9.10. The molecule has 128 valence electrons. The maximum atomic E-state index is 12.2. The summed E-state index contributed by atoms with van der Waals surface area (Å²) in [4.78, 5) is 12.2. The number of nitrogens with one attached hydrogen (secondary N) is 2. The number of amides is 2. The molecular formula is C19H29BrN2O. The number of hydrogen-bond acceptors (Lipinski definition) is 1. The Hall–Kier alpha value is -1.03. The smallest absolute Gasteiger partial charge is 0.319 e. The van der Waals surface area contributed by atoms with Gasteiger partial charge < -0.3 is 10.6 Å². The lowest BCUT2D eigenvalue weighted by Gasteiger charge is -2.20. The summed E-state index contributed by atoms with van der Waals surface area (Å²) in [6.45, 7) is 0. The third-order valence-electron chi connectivity index (χ3n) is 4.52. The molecule has 23 heavy (non-hydrogen) atoms. The van der Waals surface area contributed by atoms with Gasteiger partial charge in [0.25, 0.3) is 0 Å². The van der Waals surface area contributed by atoms with Crippen molar-refractivity contribution in [1.29, 1.82) is 0 Å². The number of benzene rings is 1. The number of anilines is 1. The molecule has 1 aromatic carbocycles. The SMILES string of the molecule is O=C(Nc1cccc(Br)c1)NC1CCCCCCCCCCC1. The molecule has 1 fully saturated rings. The number of halogens is 1. The quantitative estimate of drug-likeness (QED) is 0.625. The van der Waals surface area contributed by atoms with Gasteiger partial charge in [-0.15, -0.1) is 0 Å². The first kappa shape index (κ1) is 18.3. The molecule has 2 N–H and O–H groups in total. The van der Waals surface area contributed by atoms with Crippen LogP contribution in [0.5, 0.6) is 0 Å². The van der Waals surface area contributed by atoms with Crippen LogP contribution in [-0.4, -0.2) is 12.1 Å². The molecule has 1 aliphatic carbocycles. The molecule has 0 saturated heterocycles. The van der Waals surface area contributed by atoms with Crippen LogP contribution >= 0.6 is 15.9 Å². The lowest BCUT2D eigenvalue weighted by Crippen LogP contribution is -2.38. The Balaban J connectivity index is 1.80. The minimum Gasteiger partial charge on any atom is -0.335 e. The van der Waals surface area contributed by atoms with Gasteiger partial charge in [0.1, 0.15) is 0 Å². The first-order chi connectivity index (χ1) is 11.2. The summed E-state index contributed by atoms with van der Waals surface area (Å²) < 4.78 is 0.973. The summed E-state index contributed by atoms with van der Waals surface area (Å²) in [6, 6.07) is 7.93. The predicted octanol–water partition coefficient (Wildman–Crippen LogP) is 6.24. The summed E-state index contributed by atoms with van der Waals surface area (Å²) in [6.07, 6.45) is 14.1. The van der Waals surface area contributed by atoms with E-state index in [9.17, 15) is 4.79 Å². The van der Waals surface area contributed by atoms with Crippen LogP contribution in [-0.2, 0) is 0 Å². The van der Waals surface area contributed by atoms with E-state index in [0.717, 1.165) is 23.0 Å². The van der Waals surface area contributed by atoms with Gasteiger partial charge in [-0.3, -0.25) is 0 Å². The van der Waals surface area contributed by atoms with Crippen LogP contribution in [0, 0.1) is 0 Å².